The van der Waals surface area contributed by atoms with Crippen molar-refractivity contribution in [3.63, 3.8) is 0 Å². The van der Waals surface area contributed by atoms with E-state index < -0.39 is 78.5 Å². The van der Waals surface area contributed by atoms with Crippen LogP contribution in [-0.2, 0) is 47.7 Å². The molecule has 2 aromatic rings. The Balaban J connectivity index is 2.06. The highest BCUT2D eigenvalue weighted by Crippen LogP contribution is 2.36. The first-order valence-corrected chi connectivity index (χ1v) is 12.1. The zero-order chi connectivity index (χ0) is 30.4. The summed E-state index contributed by atoms with van der Waals surface area (Å²) in [5, 5.41) is 0.247. The summed E-state index contributed by atoms with van der Waals surface area (Å²) >= 11 is 0. The minimum Gasteiger partial charge on any atom is -0.492 e. The van der Waals surface area contributed by atoms with Crippen molar-refractivity contribution in [3.8, 4) is 17.2 Å². The standard InChI is InChI=1S/C26H28O15/c1-11(27)34-10-19-21(35-12(2)28)22(36-13(3)29)24(38-15(5)31)26(41-19)39-16-7-8-17-18(9-16)40-25(32)23(20(17)33-6)37-14(4)30/h7-9,19,21-22,24,26H,10H2,1-6H3/t19-,21-,22+,24+,26+/m1/s1. The van der Waals surface area contributed by atoms with E-state index in [1.165, 1.54) is 25.3 Å². The van der Waals surface area contributed by atoms with Crippen molar-refractivity contribution in [2.45, 2.75) is 65.3 Å². The number of hydrogen-bond donors (Lipinski definition) is 0. The van der Waals surface area contributed by atoms with Crippen LogP contribution in [0, 0.1) is 0 Å². The van der Waals surface area contributed by atoms with E-state index in [1.807, 2.05) is 0 Å². The molecule has 0 aliphatic carbocycles. The van der Waals surface area contributed by atoms with Gasteiger partial charge in [-0.25, -0.2) is 4.79 Å². The molecule has 1 saturated heterocycles. The lowest BCUT2D eigenvalue weighted by atomic mass is 9.98. The van der Waals surface area contributed by atoms with E-state index in [9.17, 15) is 28.8 Å². The van der Waals surface area contributed by atoms with Gasteiger partial charge in [0.2, 0.25) is 12.4 Å². The van der Waals surface area contributed by atoms with Gasteiger partial charge in [0.1, 0.15) is 24.0 Å². The van der Waals surface area contributed by atoms with E-state index >= 15 is 0 Å². The molecule has 0 amide bonds. The molecule has 2 heterocycles. The zero-order valence-corrected chi connectivity index (χ0v) is 22.9. The molecule has 41 heavy (non-hydrogen) atoms. The van der Waals surface area contributed by atoms with Gasteiger partial charge in [-0.05, 0) is 12.1 Å². The molecular formula is C26H28O15. The lowest BCUT2D eigenvalue weighted by Crippen LogP contribution is -2.63. The molecular weight excluding hydrogens is 552 g/mol. The fourth-order valence-corrected chi connectivity index (χ4v) is 4.06. The number of carbonyl (C=O) groups excluding carboxylic acids is 5. The van der Waals surface area contributed by atoms with Gasteiger partial charge in [0.25, 0.3) is 5.75 Å². The maximum absolute atomic E-state index is 12.5. The predicted molar refractivity (Wildman–Crippen MR) is 133 cm³/mol. The average Bonchev–Trinajstić information content (AvgIpc) is 2.85. The van der Waals surface area contributed by atoms with Crippen LogP contribution in [-0.4, -0.2) is 74.3 Å². The molecule has 0 radical (unpaired) electrons. The number of esters is 5. The summed E-state index contributed by atoms with van der Waals surface area (Å²) in [6, 6.07) is 4.13. The second-order valence-corrected chi connectivity index (χ2v) is 8.69. The van der Waals surface area contributed by atoms with Crippen molar-refractivity contribution in [3.05, 3.63) is 28.6 Å². The molecule has 0 bridgehead atoms. The van der Waals surface area contributed by atoms with Gasteiger partial charge >= 0.3 is 35.5 Å². The van der Waals surface area contributed by atoms with Crippen LogP contribution in [0.2, 0.25) is 0 Å². The van der Waals surface area contributed by atoms with Gasteiger partial charge in [-0.15, -0.1) is 0 Å². The van der Waals surface area contributed by atoms with Crippen molar-refractivity contribution in [2.24, 2.45) is 0 Å². The van der Waals surface area contributed by atoms with Gasteiger partial charge in [-0.1, -0.05) is 0 Å². The van der Waals surface area contributed by atoms with Crippen molar-refractivity contribution in [1.82, 2.24) is 0 Å². The maximum Gasteiger partial charge on any atom is 0.383 e. The lowest BCUT2D eigenvalue weighted by Gasteiger charge is -2.43. The lowest BCUT2D eigenvalue weighted by molar-refractivity contribution is -0.288. The number of ether oxygens (including phenoxy) is 8. The molecule has 1 aromatic heterocycles. The van der Waals surface area contributed by atoms with Crippen LogP contribution in [0.25, 0.3) is 11.0 Å². The van der Waals surface area contributed by atoms with Gasteiger partial charge in [-0.3, -0.25) is 24.0 Å². The quantitative estimate of drug-likeness (QED) is 0.233. The number of fused-ring (bicyclic) bond motifs is 1. The predicted octanol–water partition coefficient (Wildman–Crippen LogP) is 1.19. The largest absolute Gasteiger partial charge is 0.492 e. The van der Waals surface area contributed by atoms with Crippen molar-refractivity contribution in [1.29, 1.82) is 0 Å². The zero-order valence-electron chi connectivity index (χ0n) is 22.9. The highest BCUT2D eigenvalue weighted by atomic mass is 16.7. The van der Waals surface area contributed by atoms with E-state index in [1.54, 1.807) is 0 Å². The van der Waals surface area contributed by atoms with Gasteiger partial charge in [-0.2, -0.15) is 0 Å². The van der Waals surface area contributed by atoms with Crippen LogP contribution in [0.3, 0.4) is 0 Å². The monoisotopic (exact) mass is 580 g/mol. The molecule has 0 saturated carbocycles. The smallest absolute Gasteiger partial charge is 0.383 e. The first kappa shape index (κ1) is 30.9. The molecule has 0 spiro atoms. The topological polar surface area (TPSA) is 189 Å². The number of carbonyl (C=O) groups is 5. The third kappa shape index (κ3) is 7.72. The van der Waals surface area contributed by atoms with E-state index in [2.05, 4.69) is 0 Å². The van der Waals surface area contributed by atoms with Crippen LogP contribution < -0.4 is 19.8 Å². The molecule has 5 atom stereocenters. The summed E-state index contributed by atoms with van der Waals surface area (Å²) in [6.07, 6.45) is -7.02. The summed E-state index contributed by atoms with van der Waals surface area (Å²) in [4.78, 5) is 71.3. The van der Waals surface area contributed by atoms with E-state index in [0.717, 1.165) is 34.6 Å². The molecule has 1 aromatic carbocycles. The number of hydrogen-bond acceptors (Lipinski definition) is 15. The van der Waals surface area contributed by atoms with Crippen molar-refractivity contribution >= 4 is 40.8 Å². The normalized spacial score (nSPS) is 21.8. The van der Waals surface area contributed by atoms with E-state index in [4.69, 9.17) is 42.3 Å². The summed E-state index contributed by atoms with van der Waals surface area (Å²) < 4.78 is 48.4. The molecule has 15 nitrogen and oxygen atoms in total. The molecule has 15 heteroatoms. The minimum atomic E-state index is -1.51. The maximum atomic E-state index is 12.5. The Bertz CT molecular complexity index is 1390. The second kappa shape index (κ2) is 13.1. The molecule has 222 valence electrons. The first-order chi connectivity index (χ1) is 19.3. The molecule has 0 unspecified atom stereocenters. The van der Waals surface area contributed by atoms with Gasteiger partial charge < -0.3 is 42.3 Å². The third-order valence-corrected chi connectivity index (χ3v) is 5.44. The van der Waals surface area contributed by atoms with Gasteiger partial charge in [0.05, 0.1) is 12.5 Å². The van der Waals surface area contributed by atoms with Crippen LogP contribution in [0.15, 0.2) is 27.4 Å². The Morgan fingerprint density at radius 1 is 0.780 bits per heavy atom. The van der Waals surface area contributed by atoms with Crippen LogP contribution >= 0.6 is 0 Å². The van der Waals surface area contributed by atoms with Crippen molar-refractivity contribution in [2.75, 3.05) is 13.7 Å². The van der Waals surface area contributed by atoms with Crippen LogP contribution in [0.5, 0.6) is 17.2 Å². The molecule has 1 aliphatic rings. The minimum absolute atomic E-state index is 0.0174. The summed E-state index contributed by atoms with van der Waals surface area (Å²) in [5.74, 6) is -4.33. The second-order valence-electron chi connectivity index (χ2n) is 8.69. The first-order valence-electron chi connectivity index (χ1n) is 12.1. The fourth-order valence-electron chi connectivity index (χ4n) is 4.06. The highest BCUT2D eigenvalue weighted by molar-refractivity contribution is 5.87. The van der Waals surface area contributed by atoms with Crippen molar-refractivity contribution < 1.29 is 66.3 Å². The Morgan fingerprint density at radius 3 is 1.95 bits per heavy atom. The Labute approximate surface area is 232 Å². The number of methoxy groups -OCH3 is 1. The summed E-state index contributed by atoms with van der Waals surface area (Å²) in [5.41, 5.74) is -1.04. The van der Waals surface area contributed by atoms with Crippen LogP contribution in [0.1, 0.15) is 34.6 Å². The van der Waals surface area contributed by atoms with Gasteiger partial charge in [0, 0.05) is 40.7 Å². The van der Waals surface area contributed by atoms with E-state index in [0.29, 0.717) is 0 Å². The van der Waals surface area contributed by atoms with E-state index in [-0.39, 0.29) is 22.5 Å². The summed E-state index contributed by atoms with van der Waals surface area (Å²) in [7, 11) is 1.27. The third-order valence-electron chi connectivity index (χ3n) is 5.44. The highest BCUT2D eigenvalue weighted by Gasteiger charge is 2.53. The fraction of sp³-hybridized carbons (Fsp3) is 0.462. The SMILES string of the molecule is COc1c(OC(C)=O)c(=O)oc2cc(O[C@H]3O[C@H](COC(C)=O)[C@@H](OC(C)=O)[C@H](OC(C)=O)[C@@H]3OC(C)=O)ccc12. The molecule has 1 fully saturated rings. The summed E-state index contributed by atoms with van der Waals surface area (Å²) in [6.45, 7) is 5.08. The van der Waals surface area contributed by atoms with Crippen LogP contribution in [0.4, 0.5) is 0 Å². The average molecular weight is 580 g/mol. The van der Waals surface area contributed by atoms with Gasteiger partial charge in [0.15, 0.2) is 18.0 Å². The number of rotatable bonds is 9. The molecule has 0 N–H and O–H groups in total. The molecule has 1 aliphatic heterocycles. The molecule has 3 rings (SSSR count). The Kier molecular flexibility index (Phi) is 9.89. The Hall–Kier alpha value is -4.66. The Morgan fingerprint density at radius 2 is 1.39 bits per heavy atom. The number of benzene rings is 1.